The standard InChI is InChI=1S/C24H26F3N3O3S/c1-14-11-29-18(15(2)21(14)32-6)12-30(22(31)33-23(3,4)5)20-10-17(13-34-20)16-7-8-28-19(9-16)24(25,26)27/h7-11,13H,12H2,1-6H3. The van der Waals surface area contributed by atoms with Crippen LogP contribution in [0.1, 0.15) is 43.3 Å². The van der Waals surface area contributed by atoms with E-state index in [4.69, 9.17) is 9.47 Å². The molecule has 182 valence electrons. The van der Waals surface area contributed by atoms with E-state index in [-0.39, 0.29) is 6.54 Å². The van der Waals surface area contributed by atoms with Crippen LogP contribution in [0.2, 0.25) is 0 Å². The van der Waals surface area contributed by atoms with Gasteiger partial charge in [-0.1, -0.05) is 0 Å². The molecule has 0 spiro atoms. The molecular weight excluding hydrogens is 467 g/mol. The minimum absolute atomic E-state index is 0.0987. The molecule has 0 aromatic carbocycles. The number of aromatic nitrogens is 2. The Balaban J connectivity index is 2.01. The zero-order valence-electron chi connectivity index (χ0n) is 19.8. The fraction of sp³-hybridized carbons (Fsp3) is 0.375. The molecule has 3 rings (SSSR count). The zero-order valence-corrected chi connectivity index (χ0v) is 20.6. The van der Waals surface area contributed by atoms with E-state index in [1.165, 1.54) is 22.3 Å². The summed E-state index contributed by atoms with van der Waals surface area (Å²) in [5.41, 5.74) is 1.43. The molecule has 6 nitrogen and oxygen atoms in total. The van der Waals surface area contributed by atoms with Crippen LogP contribution in [0.15, 0.2) is 36.0 Å². The Kier molecular flexibility index (Phi) is 7.21. The Morgan fingerprint density at radius 3 is 2.44 bits per heavy atom. The summed E-state index contributed by atoms with van der Waals surface area (Å²) in [6.45, 7) is 9.12. The second-order valence-electron chi connectivity index (χ2n) is 8.71. The fourth-order valence-corrected chi connectivity index (χ4v) is 4.23. The van der Waals surface area contributed by atoms with Gasteiger partial charge >= 0.3 is 12.3 Å². The number of hydrogen-bond acceptors (Lipinski definition) is 6. The van der Waals surface area contributed by atoms with Crippen LogP contribution in [0.25, 0.3) is 11.1 Å². The van der Waals surface area contributed by atoms with Crippen molar-refractivity contribution in [3.63, 3.8) is 0 Å². The molecule has 0 bridgehead atoms. The first-order valence-electron chi connectivity index (χ1n) is 10.4. The average Bonchev–Trinajstić information content (AvgIpc) is 3.21. The van der Waals surface area contributed by atoms with Crippen molar-refractivity contribution in [3.8, 4) is 16.9 Å². The molecule has 0 fully saturated rings. The number of rotatable bonds is 5. The third-order valence-corrected chi connectivity index (χ3v) is 5.86. The largest absolute Gasteiger partial charge is 0.496 e. The van der Waals surface area contributed by atoms with E-state index in [0.717, 1.165) is 23.4 Å². The SMILES string of the molecule is COc1c(C)cnc(CN(C(=O)OC(C)(C)C)c2cc(-c3ccnc(C(F)(F)F)c3)cs2)c1C. The van der Waals surface area contributed by atoms with E-state index in [2.05, 4.69) is 9.97 Å². The maximum absolute atomic E-state index is 13.1. The molecule has 34 heavy (non-hydrogen) atoms. The fourth-order valence-electron chi connectivity index (χ4n) is 3.31. The van der Waals surface area contributed by atoms with E-state index in [0.29, 0.717) is 27.6 Å². The van der Waals surface area contributed by atoms with Crippen LogP contribution in [-0.2, 0) is 17.5 Å². The Bertz CT molecular complexity index is 1190. The van der Waals surface area contributed by atoms with Crippen molar-refractivity contribution < 1.29 is 27.4 Å². The molecule has 0 unspecified atom stereocenters. The van der Waals surface area contributed by atoms with E-state index in [1.807, 2.05) is 13.8 Å². The van der Waals surface area contributed by atoms with Gasteiger partial charge in [0.05, 0.1) is 19.3 Å². The molecule has 0 aliphatic heterocycles. The third kappa shape index (κ3) is 5.85. The van der Waals surface area contributed by atoms with Crippen molar-refractivity contribution in [2.75, 3.05) is 12.0 Å². The summed E-state index contributed by atoms with van der Waals surface area (Å²) in [7, 11) is 1.57. The molecule has 10 heteroatoms. The van der Waals surface area contributed by atoms with Gasteiger partial charge in [-0.25, -0.2) is 4.79 Å². The average molecular weight is 494 g/mol. The smallest absolute Gasteiger partial charge is 0.433 e. The molecule has 0 saturated heterocycles. The quantitative estimate of drug-likeness (QED) is 0.392. The van der Waals surface area contributed by atoms with Crippen molar-refractivity contribution in [1.82, 2.24) is 9.97 Å². The van der Waals surface area contributed by atoms with Crippen molar-refractivity contribution in [1.29, 1.82) is 0 Å². The van der Waals surface area contributed by atoms with Crippen molar-refractivity contribution in [2.45, 2.75) is 52.9 Å². The molecule has 0 N–H and O–H groups in total. The first kappa shape index (κ1) is 25.5. The Morgan fingerprint density at radius 2 is 1.82 bits per heavy atom. The Morgan fingerprint density at radius 1 is 1.12 bits per heavy atom. The molecule has 3 aromatic rings. The maximum atomic E-state index is 13.1. The molecule has 0 aliphatic rings. The number of anilines is 1. The monoisotopic (exact) mass is 493 g/mol. The number of ether oxygens (including phenoxy) is 2. The van der Waals surface area contributed by atoms with Crippen LogP contribution in [-0.4, -0.2) is 28.8 Å². The summed E-state index contributed by atoms with van der Waals surface area (Å²) in [6, 6.07) is 4.14. The number of thiophene rings is 1. The summed E-state index contributed by atoms with van der Waals surface area (Å²) in [4.78, 5) is 22.4. The number of halogens is 3. The number of carbonyl (C=O) groups excluding carboxylic acids is 1. The van der Waals surface area contributed by atoms with E-state index < -0.39 is 23.6 Å². The van der Waals surface area contributed by atoms with Crippen molar-refractivity contribution in [2.24, 2.45) is 0 Å². The van der Waals surface area contributed by atoms with Gasteiger partial charge < -0.3 is 9.47 Å². The van der Waals surface area contributed by atoms with Gasteiger partial charge in [-0.05, 0) is 63.9 Å². The van der Waals surface area contributed by atoms with Gasteiger partial charge in [-0.2, -0.15) is 13.2 Å². The van der Waals surface area contributed by atoms with Crippen LogP contribution in [0, 0.1) is 13.8 Å². The van der Waals surface area contributed by atoms with Gasteiger partial charge in [-0.3, -0.25) is 14.9 Å². The van der Waals surface area contributed by atoms with Crippen molar-refractivity contribution in [3.05, 3.63) is 58.5 Å². The molecule has 0 aliphatic carbocycles. The molecule has 0 saturated carbocycles. The zero-order chi connectivity index (χ0) is 25.3. The molecule has 0 radical (unpaired) electrons. The molecular formula is C24H26F3N3O3S. The predicted octanol–water partition coefficient (Wildman–Crippen LogP) is 6.79. The number of amides is 1. The summed E-state index contributed by atoms with van der Waals surface area (Å²) in [5, 5.41) is 2.20. The lowest BCUT2D eigenvalue weighted by molar-refractivity contribution is -0.141. The molecule has 0 atom stereocenters. The first-order chi connectivity index (χ1) is 15.8. The normalized spacial score (nSPS) is 11.9. The number of carbonyl (C=O) groups is 1. The minimum Gasteiger partial charge on any atom is -0.496 e. The Labute approximate surface area is 200 Å². The second kappa shape index (κ2) is 9.61. The number of alkyl halides is 3. The number of hydrogen-bond donors (Lipinski definition) is 0. The maximum Gasteiger partial charge on any atom is 0.433 e. The predicted molar refractivity (Wildman–Crippen MR) is 125 cm³/mol. The highest BCUT2D eigenvalue weighted by Crippen LogP contribution is 2.36. The highest BCUT2D eigenvalue weighted by molar-refractivity contribution is 7.14. The lowest BCUT2D eigenvalue weighted by Crippen LogP contribution is -2.36. The van der Waals surface area contributed by atoms with E-state index in [1.54, 1.807) is 45.5 Å². The highest BCUT2D eigenvalue weighted by Gasteiger charge is 2.33. The minimum atomic E-state index is -4.55. The topological polar surface area (TPSA) is 64.5 Å². The van der Waals surface area contributed by atoms with Crippen LogP contribution in [0.4, 0.5) is 23.0 Å². The number of methoxy groups -OCH3 is 1. The first-order valence-corrected chi connectivity index (χ1v) is 11.3. The second-order valence-corrected chi connectivity index (χ2v) is 9.60. The summed E-state index contributed by atoms with van der Waals surface area (Å²) < 4.78 is 50.4. The van der Waals surface area contributed by atoms with Crippen LogP contribution < -0.4 is 9.64 Å². The number of aryl methyl sites for hydroxylation is 1. The van der Waals surface area contributed by atoms with Gasteiger partial charge in [0.25, 0.3) is 0 Å². The van der Waals surface area contributed by atoms with Gasteiger partial charge in [0.2, 0.25) is 0 Å². The van der Waals surface area contributed by atoms with Crippen LogP contribution >= 0.6 is 11.3 Å². The highest BCUT2D eigenvalue weighted by atomic mass is 32.1. The van der Waals surface area contributed by atoms with Crippen LogP contribution in [0.5, 0.6) is 5.75 Å². The number of pyridine rings is 2. The lowest BCUT2D eigenvalue weighted by Gasteiger charge is -2.27. The summed E-state index contributed by atoms with van der Waals surface area (Å²) in [5.74, 6) is 0.678. The summed E-state index contributed by atoms with van der Waals surface area (Å²) >= 11 is 1.22. The van der Waals surface area contributed by atoms with E-state index in [9.17, 15) is 18.0 Å². The van der Waals surface area contributed by atoms with Gasteiger partial charge in [0.15, 0.2) is 0 Å². The van der Waals surface area contributed by atoms with E-state index >= 15 is 0 Å². The lowest BCUT2D eigenvalue weighted by atomic mass is 10.1. The molecule has 3 heterocycles. The summed E-state index contributed by atoms with van der Waals surface area (Å²) in [6.07, 6.45) is -2.35. The molecule has 3 aromatic heterocycles. The third-order valence-electron chi connectivity index (χ3n) is 4.91. The Hall–Kier alpha value is -3.14. The number of nitrogens with zero attached hydrogens (tertiary/aromatic N) is 3. The van der Waals surface area contributed by atoms with Gasteiger partial charge in [0, 0.05) is 28.9 Å². The van der Waals surface area contributed by atoms with Crippen LogP contribution in [0.3, 0.4) is 0 Å². The van der Waals surface area contributed by atoms with Gasteiger partial charge in [0.1, 0.15) is 22.0 Å². The van der Waals surface area contributed by atoms with Crippen molar-refractivity contribution >= 4 is 22.4 Å². The molecule has 1 amide bonds. The van der Waals surface area contributed by atoms with Gasteiger partial charge in [-0.15, -0.1) is 11.3 Å².